The molecule has 98 valence electrons. The average Bonchev–Trinajstić information content (AvgIpc) is 2.49. The number of nitrogens with one attached hydrogen (secondary N) is 1. The third kappa shape index (κ3) is 1.95. The number of hydrogen-bond donors (Lipinski definition) is 2. The Morgan fingerprint density at radius 2 is 2.28 bits per heavy atom. The largest absolute Gasteiger partial charge is 0.429 e. The minimum absolute atomic E-state index is 0.0881. The highest BCUT2D eigenvalue weighted by atomic mass is 16.6. The van der Waals surface area contributed by atoms with Crippen LogP contribution < -0.4 is 5.32 Å². The van der Waals surface area contributed by atoms with Gasteiger partial charge in [-0.3, -0.25) is 4.79 Å². The van der Waals surface area contributed by atoms with Gasteiger partial charge in [0.1, 0.15) is 0 Å². The normalized spacial score (nSPS) is 30.0. The monoisotopic (exact) mass is 251 g/mol. The summed E-state index contributed by atoms with van der Waals surface area (Å²) < 4.78 is 5.23. The van der Waals surface area contributed by atoms with Crippen molar-refractivity contribution < 1.29 is 19.4 Å². The molecule has 0 aromatic carbocycles. The van der Waals surface area contributed by atoms with E-state index in [9.17, 15) is 9.59 Å². The summed E-state index contributed by atoms with van der Waals surface area (Å²) in [6.07, 6.45) is 5.91. The van der Waals surface area contributed by atoms with Gasteiger partial charge in [0.2, 0.25) is 11.4 Å². The van der Waals surface area contributed by atoms with Crippen LogP contribution in [0.4, 0.5) is 4.79 Å². The summed E-state index contributed by atoms with van der Waals surface area (Å²) in [5, 5.41) is 11.7. The molecule has 0 saturated heterocycles. The highest BCUT2D eigenvalue weighted by Gasteiger charge is 2.52. The number of ether oxygens (including phenoxy) is 1. The number of amides is 1. The van der Waals surface area contributed by atoms with E-state index in [1.54, 1.807) is 12.2 Å². The van der Waals surface area contributed by atoms with Gasteiger partial charge in [0.05, 0.1) is 12.6 Å². The van der Waals surface area contributed by atoms with Crippen LogP contribution in [0.1, 0.15) is 13.8 Å². The molecule has 2 unspecified atom stereocenters. The molecule has 3 atom stereocenters. The molecule has 5 nitrogen and oxygen atoms in total. The summed E-state index contributed by atoms with van der Waals surface area (Å²) in [4.78, 5) is 23.4. The number of aliphatic hydroxyl groups excluding tert-OH is 1. The minimum Gasteiger partial charge on any atom is -0.429 e. The maximum atomic E-state index is 11.7. The Hall–Kier alpha value is -1.62. The summed E-state index contributed by atoms with van der Waals surface area (Å²) >= 11 is 0. The summed E-state index contributed by atoms with van der Waals surface area (Å²) in [6, 6.07) is -0.374. The molecular formula is C13H17NO4. The molecule has 0 fully saturated rings. The molecular weight excluding hydrogens is 234 g/mol. The molecule has 0 bridgehead atoms. The lowest BCUT2D eigenvalue weighted by Crippen LogP contribution is -2.52. The number of aliphatic hydroxyl groups is 1. The topological polar surface area (TPSA) is 75.6 Å². The van der Waals surface area contributed by atoms with Crippen LogP contribution in [0.15, 0.2) is 24.3 Å². The molecule has 18 heavy (non-hydrogen) atoms. The maximum absolute atomic E-state index is 11.7. The zero-order valence-electron chi connectivity index (χ0n) is 10.4. The smallest absolute Gasteiger partial charge is 0.408 e. The fourth-order valence-corrected chi connectivity index (χ4v) is 2.07. The highest BCUT2D eigenvalue weighted by molar-refractivity contribution is 6.04. The molecule has 0 radical (unpaired) electrons. The van der Waals surface area contributed by atoms with E-state index >= 15 is 0 Å². The van der Waals surface area contributed by atoms with Crippen molar-refractivity contribution in [3.05, 3.63) is 24.3 Å². The lowest BCUT2D eigenvalue weighted by molar-refractivity contribution is -0.130. The Bertz CT molecular complexity index is 427. The van der Waals surface area contributed by atoms with Gasteiger partial charge in [-0.1, -0.05) is 26.0 Å². The summed E-state index contributed by atoms with van der Waals surface area (Å²) in [6.45, 7) is 3.60. The van der Waals surface area contributed by atoms with Gasteiger partial charge in [-0.05, 0) is 18.1 Å². The standard InChI is InChI=1S/C13H17NO4/c1-8(2)10(7-15)14-12(17)18-13-6-5-9(13)3-4-11(13)16/h3-6,8-10,15H,7H2,1-2H3,(H,14,17)/t9?,10-,13?/m0/s1. The van der Waals surface area contributed by atoms with Gasteiger partial charge in [-0.25, -0.2) is 4.79 Å². The van der Waals surface area contributed by atoms with Crippen molar-refractivity contribution in [3.63, 3.8) is 0 Å². The SMILES string of the molecule is CC(C)[C@H](CO)NC(=O)OC12C=CC1C=CC2=O. The third-order valence-corrected chi connectivity index (χ3v) is 3.45. The third-order valence-electron chi connectivity index (χ3n) is 3.45. The van der Waals surface area contributed by atoms with E-state index in [1.807, 2.05) is 19.9 Å². The van der Waals surface area contributed by atoms with Crippen LogP contribution in [0.5, 0.6) is 0 Å². The zero-order chi connectivity index (χ0) is 13.3. The van der Waals surface area contributed by atoms with Crippen LogP contribution in [0.3, 0.4) is 0 Å². The molecule has 5 heteroatoms. The lowest BCUT2D eigenvalue weighted by atomic mass is 9.79. The molecule has 2 rings (SSSR count). The van der Waals surface area contributed by atoms with Gasteiger partial charge < -0.3 is 15.2 Å². The van der Waals surface area contributed by atoms with Crippen LogP contribution in [0, 0.1) is 11.8 Å². The first kappa shape index (κ1) is 12.8. The van der Waals surface area contributed by atoms with Gasteiger partial charge >= 0.3 is 6.09 Å². The maximum Gasteiger partial charge on any atom is 0.408 e. The Morgan fingerprint density at radius 1 is 1.56 bits per heavy atom. The Kier molecular flexibility index (Phi) is 3.26. The molecule has 0 spiro atoms. The summed E-state index contributed by atoms with van der Waals surface area (Å²) in [7, 11) is 0. The minimum atomic E-state index is -1.14. The van der Waals surface area contributed by atoms with Crippen LogP contribution >= 0.6 is 0 Å². The van der Waals surface area contributed by atoms with Gasteiger partial charge in [0.25, 0.3) is 0 Å². The second kappa shape index (κ2) is 4.57. The van der Waals surface area contributed by atoms with Gasteiger partial charge in [0.15, 0.2) is 0 Å². The van der Waals surface area contributed by atoms with E-state index in [1.165, 1.54) is 6.08 Å². The predicted molar refractivity (Wildman–Crippen MR) is 64.8 cm³/mol. The molecule has 0 aliphatic heterocycles. The molecule has 1 amide bonds. The van der Waals surface area contributed by atoms with Gasteiger partial charge in [0, 0.05) is 5.92 Å². The van der Waals surface area contributed by atoms with E-state index in [0.29, 0.717) is 0 Å². The van der Waals surface area contributed by atoms with E-state index in [0.717, 1.165) is 0 Å². The van der Waals surface area contributed by atoms with Crippen molar-refractivity contribution in [3.8, 4) is 0 Å². The number of fused-ring (bicyclic) bond motifs is 1. The number of carbonyl (C=O) groups excluding carboxylic acids is 2. The van der Waals surface area contributed by atoms with Gasteiger partial charge in [-0.2, -0.15) is 0 Å². The van der Waals surface area contributed by atoms with E-state index in [2.05, 4.69) is 5.32 Å². The van der Waals surface area contributed by atoms with Crippen molar-refractivity contribution >= 4 is 11.9 Å². The predicted octanol–water partition coefficient (Wildman–Crippen LogP) is 0.793. The zero-order valence-corrected chi connectivity index (χ0v) is 10.4. The van der Waals surface area contributed by atoms with E-state index in [-0.39, 0.29) is 30.3 Å². The molecule has 0 saturated carbocycles. The van der Waals surface area contributed by atoms with Crippen LogP contribution in [0.25, 0.3) is 0 Å². The van der Waals surface area contributed by atoms with Crippen molar-refractivity contribution in [1.82, 2.24) is 5.32 Å². The highest BCUT2D eigenvalue weighted by Crippen LogP contribution is 2.40. The molecule has 0 aromatic heterocycles. The molecule has 2 aliphatic rings. The van der Waals surface area contributed by atoms with Crippen molar-refractivity contribution in [1.29, 1.82) is 0 Å². The van der Waals surface area contributed by atoms with Crippen LogP contribution in [-0.2, 0) is 9.53 Å². The van der Waals surface area contributed by atoms with E-state index < -0.39 is 11.7 Å². The summed E-state index contributed by atoms with van der Waals surface area (Å²) in [5.41, 5.74) is -1.14. The first-order valence-corrected chi connectivity index (χ1v) is 6.02. The number of carbonyl (C=O) groups is 2. The second-order valence-corrected chi connectivity index (χ2v) is 4.97. The van der Waals surface area contributed by atoms with Gasteiger partial charge in [-0.15, -0.1) is 0 Å². The summed E-state index contributed by atoms with van der Waals surface area (Å²) in [5.74, 6) is -0.275. The molecule has 0 heterocycles. The first-order chi connectivity index (χ1) is 8.49. The van der Waals surface area contributed by atoms with Crippen LogP contribution in [0.2, 0.25) is 0 Å². The lowest BCUT2D eigenvalue weighted by Gasteiger charge is -2.36. The number of alkyl carbamates (subject to hydrolysis) is 1. The first-order valence-electron chi connectivity index (χ1n) is 6.02. The second-order valence-electron chi connectivity index (χ2n) is 4.97. The van der Waals surface area contributed by atoms with E-state index in [4.69, 9.17) is 9.84 Å². The Morgan fingerprint density at radius 3 is 2.72 bits per heavy atom. The van der Waals surface area contributed by atoms with Crippen LogP contribution in [-0.4, -0.2) is 35.2 Å². The van der Waals surface area contributed by atoms with Crippen molar-refractivity contribution in [2.24, 2.45) is 11.8 Å². The number of rotatable bonds is 4. The van der Waals surface area contributed by atoms with Crippen molar-refractivity contribution in [2.45, 2.75) is 25.5 Å². The quantitative estimate of drug-likeness (QED) is 0.724. The number of hydrogen-bond acceptors (Lipinski definition) is 4. The molecule has 2 N–H and O–H groups in total. The van der Waals surface area contributed by atoms with Crippen molar-refractivity contribution in [2.75, 3.05) is 6.61 Å². The number of ketones is 1. The molecule has 2 aliphatic carbocycles. The fraction of sp³-hybridized carbons (Fsp3) is 0.538. The fourth-order valence-electron chi connectivity index (χ4n) is 2.07. The Labute approximate surface area is 106 Å². The molecule has 0 aromatic rings. The average molecular weight is 251 g/mol. The Balaban J connectivity index is 1.97.